The van der Waals surface area contributed by atoms with E-state index in [0.29, 0.717) is 24.8 Å². The fraction of sp³-hybridized carbons (Fsp3) is 0.333. The van der Waals surface area contributed by atoms with Crippen LogP contribution in [0.3, 0.4) is 0 Å². The van der Waals surface area contributed by atoms with Crippen molar-refractivity contribution in [3.8, 4) is 0 Å². The number of aromatic nitrogens is 1. The van der Waals surface area contributed by atoms with Crippen LogP contribution in [0, 0.1) is 6.92 Å². The Labute approximate surface area is 111 Å². The van der Waals surface area contributed by atoms with Crippen LogP contribution in [-0.4, -0.2) is 21.8 Å². The highest BCUT2D eigenvalue weighted by Gasteiger charge is 2.12. The summed E-state index contributed by atoms with van der Waals surface area (Å²) in [6.45, 7) is 1.99. The lowest BCUT2D eigenvalue weighted by Gasteiger charge is -2.00. The molecule has 2 rings (SSSR count). The van der Waals surface area contributed by atoms with Crippen molar-refractivity contribution in [2.75, 3.05) is 0 Å². The number of hydrogen-bond donors (Lipinski definition) is 2. The van der Waals surface area contributed by atoms with Crippen molar-refractivity contribution >= 4 is 22.7 Å². The van der Waals surface area contributed by atoms with Gasteiger partial charge in [0, 0.05) is 35.5 Å². The summed E-state index contributed by atoms with van der Waals surface area (Å²) in [6, 6.07) is 5.96. The lowest BCUT2D eigenvalue weighted by atomic mass is 10.0. The number of H-pyrrole nitrogens is 1. The molecule has 0 bridgehead atoms. The number of benzene rings is 1. The molecule has 0 saturated carbocycles. The van der Waals surface area contributed by atoms with Gasteiger partial charge in [-0.25, -0.2) is 0 Å². The van der Waals surface area contributed by atoms with Gasteiger partial charge in [0.1, 0.15) is 0 Å². The number of rotatable bonds is 6. The molecular formula is C15H17NO3. The van der Waals surface area contributed by atoms with E-state index in [2.05, 4.69) is 4.98 Å². The zero-order valence-electron chi connectivity index (χ0n) is 10.9. The van der Waals surface area contributed by atoms with Crippen LogP contribution in [0.1, 0.15) is 41.6 Å². The average molecular weight is 259 g/mol. The molecule has 2 N–H and O–H groups in total. The largest absolute Gasteiger partial charge is 0.481 e. The second-order valence-electron chi connectivity index (χ2n) is 4.78. The molecule has 4 nitrogen and oxygen atoms in total. The number of Topliss-reactive ketones (excluding diaryl/α,β-unsaturated/α-hetero) is 1. The van der Waals surface area contributed by atoms with Crippen molar-refractivity contribution in [3.63, 3.8) is 0 Å². The molecule has 100 valence electrons. The highest BCUT2D eigenvalue weighted by molar-refractivity contribution is 6.07. The number of carboxylic acid groups (broad SMARTS) is 1. The van der Waals surface area contributed by atoms with Crippen molar-refractivity contribution in [2.45, 2.75) is 32.6 Å². The maximum atomic E-state index is 12.1. The Morgan fingerprint density at radius 1 is 1.21 bits per heavy atom. The second-order valence-corrected chi connectivity index (χ2v) is 4.78. The molecule has 0 aliphatic heterocycles. The van der Waals surface area contributed by atoms with Crippen molar-refractivity contribution in [1.29, 1.82) is 0 Å². The number of ketones is 1. The fourth-order valence-corrected chi connectivity index (χ4v) is 2.16. The monoisotopic (exact) mass is 259 g/mol. The highest BCUT2D eigenvalue weighted by atomic mass is 16.4. The first-order valence-electron chi connectivity index (χ1n) is 6.40. The van der Waals surface area contributed by atoms with Gasteiger partial charge in [0.05, 0.1) is 0 Å². The van der Waals surface area contributed by atoms with Crippen LogP contribution in [0.2, 0.25) is 0 Å². The van der Waals surface area contributed by atoms with E-state index in [1.807, 2.05) is 25.1 Å². The molecule has 0 fully saturated rings. The summed E-state index contributed by atoms with van der Waals surface area (Å²) in [4.78, 5) is 25.6. The molecule has 1 heterocycles. The van der Waals surface area contributed by atoms with Gasteiger partial charge < -0.3 is 10.1 Å². The van der Waals surface area contributed by atoms with Gasteiger partial charge in [-0.3, -0.25) is 9.59 Å². The van der Waals surface area contributed by atoms with Crippen LogP contribution >= 0.6 is 0 Å². The van der Waals surface area contributed by atoms with E-state index >= 15 is 0 Å². The van der Waals surface area contributed by atoms with E-state index in [-0.39, 0.29) is 12.2 Å². The van der Waals surface area contributed by atoms with Gasteiger partial charge in [-0.05, 0) is 31.9 Å². The minimum atomic E-state index is -0.810. The maximum absolute atomic E-state index is 12.1. The second kappa shape index (κ2) is 5.69. The number of aromatic amines is 1. The summed E-state index contributed by atoms with van der Waals surface area (Å²) < 4.78 is 0. The number of carboxylic acids is 1. The van der Waals surface area contributed by atoms with E-state index in [4.69, 9.17) is 5.11 Å². The molecule has 0 radical (unpaired) electrons. The SMILES string of the molecule is Cc1ccc2[nH]cc(C(=O)CCCCC(=O)O)c2c1. The van der Waals surface area contributed by atoms with E-state index in [1.165, 1.54) is 0 Å². The molecule has 19 heavy (non-hydrogen) atoms. The van der Waals surface area contributed by atoms with Crippen LogP contribution in [0.25, 0.3) is 10.9 Å². The molecule has 4 heteroatoms. The quantitative estimate of drug-likeness (QED) is 0.617. The smallest absolute Gasteiger partial charge is 0.303 e. The van der Waals surface area contributed by atoms with Crippen LogP contribution in [0.15, 0.2) is 24.4 Å². The van der Waals surface area contributed by atoms with Gasteiger partial charge >= 0.3 is 5.97 Å². The Morgan fingerprint density at radius 3 is 2.68 bits per heavy atom. The van der Waals surface area contributed by atoms with Gasteiger partial charge in [0.15, 0.2) is 5.78 Å². The number of carbonyl (C=O) groups excluding carboxylic acids is 1. The lowest BCUT2D eigenvalue weighted by Crippen LogP contribution is -1.99. The summed E-state index contributed by atoms with van der Waals surface area (Å²) in [5.41, 5.74) is 2.78. The predicted octanol–water partition coefficient (Wildman–Crippen LogP) is 3.30. The predicted molar refractivity (Wildman–Crippen MR) is 73.5 cm³/mol. The van der Waals surface area contributed by atoms with Gasteiger partial charge in [0.25, 0.3) is 0 Å². The molecule has 0 aliphatic rings. The number of nitrogens with one attached hydrogen (secondary N) is 1. The van der Waals surface area contributed by atoms with Crippen molar-refractivity contribution in [2.24, 2.45) is 0 Å². The maximum Gasteiger partial charge on any atom is 0.303 e. The summed E-state index contributed by atoms with van der Waals surface area (Å²) in [7, 11) is 0. The molecule has 1 aromatic carbocycles. The van der Waals surface area contributed by atoms with Crippen molar-refractivity contribution in [1.82, 2.24) is 4.98 Å². The Morgan fingerprint density at radius 2 is 1.95 bits per heavy atom. The summed E-state index contributed by atoms with van der Waals surface area (Å²) in [5, 5.41) is 9.49. The minimum absolute atomic E-state index is 0.0715. The highest BCUT2D eigenvalue weighted by Crippen LogP contribution is 2.21. The Bertz CT molecular complexity index is 613. The zero-order chi connectivity index (χ0) is 13.8. The summed E-state index contributed by atoms with van der Waals surface area (Å²) in [5.74, 6) is -0.739. The molecule has 0 spiro atoms. The van der Waals surface area contributed by atoms with Gasteiger partial charge in [-0.15, -0.1) is 0 Å². The zero-order valence-corrected chi connectivity index (χ0v) is 10.9. The standard InChI is InChI=1S/C15H17NO3/c1-10-6-7-13-11(8-10)12(9-16-13)14(17)4-2-3-5-15(18)19/h6-9,16H,2-5H2,1H3,(H,18,19). The number of unbranched alkanes of at least 4 members (excludes halogenated alkanes) is 1. The first-order valence-corrected chi connectivity index (χ1v) is 6.40. The van der Waals surface area contributed by atoms with E-state index in [1.54, 1.807) is 6.20 Å². The third kappa shape index (κ3) is 3.22. The number of hydrogen-bond acceptors (Lipinski definition) is 2. The fourth-order valence-electron chi connectivity index (χ4n) is 2.16. The molecule has 0 unspecified atom stereocenters. The lowest BCUT2D eigenvalue weighted by molar-refractivity contribution is -0.137. The third-order valence-electron chi connectivity index (χ3n) is 3.18. The molecule has 0 saturated heterocycles. The third-order valence-corrected chi connectivity index (χ3v) is 3.18. The van der Waals surface area contributed by atoms with E-state index < -0.39 is 5.97 Å². The molecule has 0 aliphatic carbocycles. The number of aliphatic carboxylic acids is 1. The van der Waals surface area contributed by atoms with Crippen molar-refractivity contribution < 1.29 is 14.7 Å². The normalized spacial score (nSPS) is 10.8. The van der Waals surface area contributed by atoms with Crippen LogP contribution < -0.4 is 0 Å². The Hall–Kier alpha value is -2.10. The van der Waals surface area contributed by atoms with Crippen molar-refractivity contribution in [3.05, 3.63) is 35.5 Å². The molecule has 0 atom stereocenters. The van der Waals surface area contributed by atoms with Crippen LogP contribution in [0.4, 0.5) is 0 Å². The van der Waals surface area contributed by atoms with E-state index in [0.717, 1.165) is 16.5 Å². The van der Waals surface area contributed by atoms with E-state index in [9.17, 15) is 9.59 Å². The molecule has 2 aromatic rings. The average Bonchev–Trinajstić information content (AvgIpc) is 2.77. The Balaban J connectivity index is 2.05. The molecule has 0 amide bonds. The minimum Gasteiger partial charge on any atom is -0.481 e. The first-order chi connectivity index (χ1) is 9.08. The number of aryl methyl sites for hydroxylation is 1. The summed E-state index contributed by atoms with van der Waals surface area (Å²) in [6.07, 6.45) is 3.42. The topological polar surface area (TPSA) is 70.2 Å². The molecular weight excluding hydrogens is 242 g/mol. The molecule has 1 aromatic heterocycles. The van der Waals surface area contributed by atoms with Crippen LogP contribution in [-0.2, 0) is 4.79 Å². The van der Waals surface area contributed by atoms with Gasteiger partial charge in [-0.2, -0.15) is 0 Å². The van der Waals surface area contributed by atoms with Gasteiger partial charge in [-0.1, -0.05) is 11.6 Å². The van der Waals surface area contributed by atoms with Crippen LogP contribution in [0.5, 0.6) is 0 Å². The number of carbonyl (C=O) groups is 2. The van der Waals surface area contributed by atoms with Gasteiger partial charge in [0.2, 0.25) is 0 Å². The summed E-state index contributed by atoms with van der Waals surface area (Å²) >= 11 is 0. The Kier molecular flexibility index (Phi) is 4.00. The number of fused-ring (bicyclic) bond motifs is 1. The first kappa shape index (κ1) is 13.3.